The summed E-state index contributed by atoms with van der Waals surface area (Å²) in [6.07, 6.45) is 14.4. The molecule has 0 amide bonds. The van der Waals surface area contributed by atoms with Crippen molar-refractivity contribution >= 4 is 11.9 Å². The zero-order chi connectivity index (χ0) is 15.6. The lowest BCUT2D eigenvalue weighted by Gasteiger charge is -1.89. The van der Waals surface area contributed by atoms with E-state index in [2.05, 4.69) is 13.8 Å². The van der Waals surface area contributed by atoms with E-state index in [4.69, 9.17) is 10.2 Å². The molecule has 0 aliphatic heterocycles. The summed E-state index contributed by atoms with van der Waals surface area (Å²) in [5.41, 5.74) is 0. The molecule has 0 spiro atoms. The number of hydrogen-bond acceptors (Lipinski definition) is 2. The maximum atomic E-state index is 9.98. The molecule has 20 heavy (non-hydrogen) atoms. The van der Waals surface area contributed by atoms with Crippen LogP contribution >= 0.6 is 0 Å². The van der Waals surface area contributed by atoms with E-state index in [-0.39, 0.29) is 6.42 Å². The van der Waals surface area contributed by atoms with Crippen LogP contribution in [0.2, 0.25) is 0 Å². The van der Waals surface area contributed by atoms with Gasteiger partial charge in [0.1, 0.15) is 0 Å². The zero-order valence-corrected chi connectivity index (χ0v) is 12.7. The lowest BCUT2D eigenvalue weighted by molar-refractivity contribution is -0.136. The van der Waals surface area contributed by atoms with Gasteiger partial charge in [-0.25, -0.2) is 4.79 Å². The van der Waals surface area contributed by atoms with Crippen molar-refractivity contribution in [2.24, 2.45) is 0 Å². The minimum Gasteiger partial charge on any atom is -0.481 e. The Morgan fingerprint density at radius 1 is 0.850 bits per heavy atom. The van der Waals surface area contributed by atoms with E-state index >= 15 is 0 Å². The van der Waals surface area contributed by atoms with Gasteiger partial charge in [0.2, 0.25) is 0 Å². The number of aliphatic carboxylic acids is 2. The molecule has 0 aliphatic rings. The quantitative estimate of drug-likeness (QED) is 0.354. The van der Waals surface area contributed by atoms with Gasteiger partial charge in [-0.1, -0.05) is 57.8 Å². The number of hydrogen-bond donors (Lipinski definition) is 2. The monoisotopic (exact) mass is 284 g/mol. The summed E-state index contributed by atoms with van der Waals surface area (Å²) >= 11 is 0. The van der Waals surface area contributed by atoms with Gasteiger partial charge in [0.05, 0.1) is 6.42 Å². The Bertz CT molecular complexity index is 293. The van der Waals surface area contributed by atoms with E-state index in [1.807, 2.05) is 6.08 Å². The number of carboxylic acids is 2. The van der Waals surface area contributed by atoms with Gasteiger partial charge < -0.3 is 10.2 Å². The number of carbonyl (C=O) groups is 2. The number of rotatable bonds is 10. The summed E-state index contributed by atoms with van der Waals surface area (Å²) in [5, 5.41) is 16.4. The molecule has 0 rings (SSSR count). The maximum absolute atomic E-state index is 9.98. The predicted octanol–water partition coefficient (Wildman–Crippen LogP) is 4.42. The molecule has 0 aromatic rings. The highest BCUT2D eigenvalue weighted by Crippen LogP contribution is 1.99. The highest BCUT2D eigenvalue weighted by molar-refractivity contribution is 5.79. The molecule has 0 aromatic carbocycles. The van der Waals surface area contributed by atoms with Crippen LogP contribution in [0, 0.1) is 0 Å². The third kappa shape index (κ3) is 25.3. The minimum atomic E-state index is -0.850. The molecule has 4 nitrogen and oxygen atoms in total. The van der Waals surface area contributed by atoms with Crippen LogP contribution in [-0.2, 0) is 9.59 Å². The molecule has 0 heterocycles. The summed E-state index contributed by atoms with van der Waals surface area (Å²) in [7, 11) is 0. The Morgan fingerprint density at radius 2 is 1.45 bits per heavy atom. The van der Waals surface area contributed by atoms with E-state index in [1.165, 1.54) is 18.9 Å². The molecular weight excluding hydrogens is 256 g/mol. The van der Waals surface area contributed by atoms with Crippen LogP contribution in [0.1, 0.15) is 65.2 Å². The molecule has 0 fully saturated rings. The molecule has 0 aliphatic carbocycles. The van der Waals surface area contributed by atoms with Gasteiger partial charge in [-0.3, -0.25) is 4.79 Å². The van der Waals surface area contributed by atoms with Crippen molar-refractivity contribution in [1.29, 1.82) is 0 Å². The fourth-order valence-electron chi connectivity index (χ4n) is 1.32. The zero-order valence-electron chi connectivity index (χ0n) is 12.7. The largest absolute Gasteiger partial charge is 0.481 e. The first-order valence-corrected chi connectivity index (χ1v) is 7.30. The van der Waals surface area contributed by atoms with Crippen molar-refractivity contribution in [3.05, 3.63) is 24.3 Å². The molecule has 0 aromatic heterocycles. The molecule has 0 atom stereocenters. The summed E-state index contributed by atoms with van der Waals surface area (Å²) in [6, 6.07) is 0. The van der Waals surface area contributed by atoms with Gasteiger partial charge in [0.15, 0.2) is 0 Å². The fraction of sp³-hybridized carbons (Fsp3) is 0.625. The molecule has 0 radical (unpaired) electrons. The van der Waals surface area contributed by atoms with Crippen LogP contribution in [0.25, 0.3) is 0 Å². The van der Waals surface area contributed by atoms with Crippen molar-refractivity contribution < 1.29 is 19.8 Å². The van der Waals surface area contributed by atoms with Gasteiger partial charge in [-0.05, 0) is 19.3 Å². The van der Waals surface area contributed by atoms with Crippen LogP contribution in [0.3, 0.4) is 0 Å². The van der Waals surface area contributed by atoms with E-state index in [0.717, 1.165) is 32.1 Å². The van der Waals surface area contributed by atoms with Crippen LogP contribution in [0.15, 0.2) is 24.3 Å². The number of allylic oxidation sites excluding steroid dienone is 2. The first kappa shape index (κ1) is 20.7. The Labute approximate surface area is 122 Å². The third-order valence-corrected chi connectivity index (χ3v) is 2.42. The number of unbranched alkanes of at least 4 members (excludes halogenated alkanes) is 5. The molecule has 2 N–H and O–H groups in total. The first-order valence-electron chi connectivity index (χ1n) is 7.30. The Balaban J connectivity index is 0. The summed E-state index contributed by atoms with van der Waals surface area (Å²) in [4.78, 5) is 19.9. The SMILES string of the molecule is CCCCC=CCC(=O)O.CCCCCC=CC(=O)O. The topological polar surface area (TPSA) is 74.6 Å². The summed E-state index contributed by atoms with van der Waals surface area (Å²) < 4.78 is 0. The van der Waals surface area contributed by atoms with Crippen LogP contribution < -0.4 is 0 Å². The van der Waals surface area contributed by atoms with Crippen molar-refractivity contribution in [2.45, 2.75) is 65.2 Å². The van der Waals surface area contributed by atoms with E-state index in [9.17, 15) is 9.59 Å². The van der Waals surface area contributed by atoms with Gasteiger partial charge in [0.25, 0.3) is 0 Å². The van der Waals surface area contributed by atoms with Crippen molar-refractivity contribution in [1.82, 2.24) is 0 Å². The molecule has 0 bridgehead atoms. The van der Waals surface area contributed by atoms with Crippen molar-refractivity contribution in [2.75, 3.05) is 0 Å². The fourth-order valence-corrected chi connectivity index (χ4v) is 1.32. The summed E-state index contributed by atoms with van der Waals surface area (Å²) in [5.74, 6) is -1.61. The lowest BCUT2D eigenvalue weighted by Crippen LogP contribution is -1.89. The average molecular weight is 284 g/mol. The minimum absolute atomic E-state index is 0.156. The Kier molecular flexibility index (Phi) is 18.1. The highest BCUT2D eigenvalue weighted by Gasteiger charge is 1.87. The standard InChI is InChI=1S/2C8H14O2/c2*1-2-3-4-5-6-7-8(9)10/h6-7H,2-5H2,1H3,(H,9,10);5-6H,2-4,7H2,1H3,(H,9,10). The molecule has 0 unspecified atom stereocenters. The second-order valence-electron chi connectivity index (χ2n) is 4.45. The average Bonchev–Trinajstić information content (AvgIpc) is 2.38. The lowest BCUT2D eigenvalue weighted by atomic mass is 10.2. The normalized spacial score (nSPS) is 10.5. The maximum Gasteiger partial charge on any atom is 0.327 e. The van der Waals surface area contributed by atoms with E-state index < -0.39 is 11.9 Å². The van der Waals surface area contributed by atoms with Crippen LogP contribution in [-0.4, -0.2) is 22.2 Å². The Hall–Kier alpha value is -1.58. The predicted molar refractivity (Wildman–Crippen MR) is 81.8 cm³/mol. The first-order chi connectivity index (χ1) is 9.54. The smallest absolute Gasteiger partial charge is 0.327 e. The molecule has 0 saturated carbocycles. The van der Waals surface area contributed by atoms with Crippen LogP contribution in [0.4, 0.5) is 0 Å². The third-order valence-electron chi connectivity index (χ3n) is 2.42. The molecule has 116 valence electrons. The van der Waals surface area contributed by atoms with Gasteiger partial charge >= 0.3 is 11.9 Å². The second-order valence-corrected chi connectivity index (χ2v) is 4.45. The molecule has 0 saturated heterocycles. The molecular formula is C16H28O4. The van der Waals surface area contributed by atoms with Crippen molar-refractivity contribution in [3.63, 3.8) is 0 Å². The van der Waals surface area contributed by atoms with Gasteiger partial charge in [-0.2, -0.15) is 0 Å². The Morgan fingerprint density at radius 3 is 1.95 bits per heavy atom. The second kappa shape index (κ2) is 17.4. The van der Waals surface area contributed by atoms with Crippen molar-refractivity contribution in [3.8, 4) is 0 Å². The highest BCUT2D eigenvalue weighted by atomic mass is 16.4. The van der Waals surface area contributed by atoms with E-state index in [1.54, 1.807) is 12.2 Å². The van der Waals surface area contributed by atoms with Gasteiger partial charge in [0, 0.05) is 6.08 Å². The number of carboxylic acid groups (broad SMARTS) is 2. The van der Waals surface area contributed by atoms with Crippen LogP contribution in [0.5, 0.6) is 0 Å². The summed E-state index contributed by atoms with van der Waals surface area (Å²) in [6.45, 7) is 4.24. The van der Waals surface area contributed by atoms with Gasteiger partial charge in [-0.15, -0.1) is 0 Å². The van der Waals surface area contributed by atoms with E-state index in [0.29, 0.717) is 0 Å². The molecule has 4 heteroatoms.